The number of halogens is 1. The molecule has 1 aliphatic heterocycles. The van der Waals surface area contributed by atoms with Crippen LogP contribution in [0.5, 0.6) is 0 Å². The highest BCUT2D eigenvalue weighted by molar-refractivity contribution is 6.31. The fourth-order valence-electron chi connectivity index (χ4n) is 2.19. The third kappa shape index (κ3) is 2.92. The van der Waals surface area contributed by atoms with Gasteiger partial charge in [-0.3, -0.25) is 0 Å². The van der Waals surface area contributed by atoms with Crippen LogP contribution in [0.25, 0.3) is 0 Å². The van der Waals surface area contributed by atoms with Gasteiger partial charge in [-0.25, -0.2) is 0 Å². The average molecular weight is 255 g/mol. The highest BCUT2D eigenvalue weighted by atomic mass is 35.5. The predicted octanol–water partition coefficient (Wildman–Crippen LogP) is 2.20. The van der Waals surface area contributed by atoms with Crippen LogP contribution in [0.15, 0.2) is 18.2 Å². The largest absolute Gasteiger partial charge is 0.377 e. The lowest BCUT2D eigenvalue weighted by Crippen LogP contribution is -2.46. The van der Waals surface area contributed by atoms with Crippen LogP contribution >= 0.6 is 11.6 Å². The number of aryl methyl sites for hydroxylation is 1. The zero-order valence-electron chi connectivity index (χ0n) is 10.2. The standard InChI is InChI=1S/C13H19ClN2O/c1-10-2-3-11(8-13(10)14)16-6-7-17-9-12(16)4-5-15/h2-3,8,12H,4-7,9,15H2,1H3. The second-order valence-electron chi connectivity index (χ2n) is 4.43. The van der Waals surface area contributed by atoms with Gasteiger partial charge in [0.25, 0.3) is 0 Å². The van der Waals surface area contributed by atoms with Crippen molar-refractivity contribution < 1.29 is 4.74 Å². The van der Waals surface area contributed by atoms with Crippen LogP contribution in [0.1, 0.15) is 12.0 Å². The van der Waals surface area contributed by atoms with E-state index in [0.29, 0.717) is 12.6 Å². The van der Waals surface area contributed by atoms with Crippen LogP contribution < -0.4 is 10.6 Å². The van der Waals surface area contributed by atoms with Gasteiger partial charge in [0.15, 0.2) is 0 Å². The van der Waals surface area contributed by atoms with E-state index in [4.69, 9.17) is 22.1 Å². The Kier molecular flexibility index (Phi) is 4.26. The Morgan fingerprint density at radius 3 is 3.06 bits per heavy atom. The molecule has 1 fully saturated rings. The molecule has 1 aliphatic rings. The second-order valence-corrected chi connectivity index (χ2v) is 4.84. The van der Waals surface area contributed by atoms with Crippen molar-refractivity contribution >= 4 is 17.3 Å². The van der Waals surface area contributed by atoms with E-state index in [0.717, 1.165) is 36.8 Å². The maximum absolute atomic E-state index is 6.18. The molecule has 3 nitrogen and oxygen atoms in total. The summed E-state index contributed by atoms with van der Waals surface area (Å²) in [4.78, 5) is 2.35. The van der Waals surface area contributed by atoms with Crippen LogP contribution in [0.3, 0.4) is 0 Å². The lowest BCUT2D eigenvalue weighted by Gasteiger charge is -2.37. The number of benzene rings is 1. The maximum Gasteiger partial charge on any atom is 0.0671 e. The van der Waals surface area contributed by atoms with Crippen LogP contribution in [-0.4, -0.2) is 32.3 Å². The lowest BCUT2D eigenvalue weighted by atomic mass is 10.1. The fourth-order valence-corrected chi connectivity index (χ4v) is 2.36. The van der Waals surface area contributed by atoms with Gasteiger partial charge >= 0.3 is 0 Å². The van der Waals surface area contributed by atoms with Crippen LogP contribution in [0, 0.1) is 6.92 Å². The fraction of sp³-hybridized carbons (Fsp3) is 0.538. The van der Waals surface area contributed by atoms with E-state index in [1.165, 1.54) is 5.69 Å². The zero-order valence-corrected chi connectivity index (χ0v) is 10.9. The summed E-state index contributed by atoms with van der Waals surface area (Å²) in [6, 6.07) is 6.58. The summed E-state index contributed by atoms with van der Waals surface area (Å²) in [6.45, 7) is 5.13. The molecule has 1 saturated heterocycles. The van der Waals surface area contributed by atoms with Gasteiger partial charge in [0.05, 0.1) is 19.3 Å². The second kappa shape index (κ2) is 5.71. The highest BCUT2D eigenvalue weighted by Gasteiger charge is 2.22. The van der Waals surface area contributed by atoms with Gasteiger partial charge in [-0.2, -0.15) is 0 Å². The zero-order chi connectivity index (χ0) is 12.3. The third-order valence-corrected chi connectivity index (χ3v) is 3.62. The van der Waals surface area contributed by atoms with E-state index < -0.39 is 0 Å². The summed E-state index contributed by atoms with van der Waals surface area (Å²) in [5.41, 5.74) is 7.92. The van der Waals surface area contributed by atoms with Crippen LogP contribution in [-0.2, 0) is 4.74 Å². The van der Waals surface area contributed by atoms with Crippen molar-refractivity contribution in [2.75, 3.05) is 31.2 Å². The van der Waals surface area contributed by atoms with Crippen LogP contribution in [0.4, 0.5) is 5.69 Å². The summed E-state index contributed by atoms with van der Waals surface area (Å²) in [5.74, 6) is 0. The molecule has 2 rings (SSSR count). The monoisotopic (exact) mass is 254 g/mol. The number of hydrogen-bond donors (Lipinski definition) is 1. The molecule has 1 aromatic carbocycles. The van der Waals surface area contributed by atoms with Crippen molar-refractivity contribution in [3.05, 3.63) is 28.8 Å². The first kappa shape index (κ1) is 12.7. The number of rotatable bonds is 3. The van der Waals surface area contributed by atoms with Crippen molar-refractivity contribution in [2.45, 2.75) is 19.4 Å². The minimum absolute atomic E-state index is 0.368. The van der Waals surface area contributed by atoms with Crippen molar-refractivity contribution in [2.24, 2.45) is 5.73 Å². The van der Waals surface area contributed by atoms with E-state index >= 15 is 0 Å². The summed E-state index contributed by atoms with van der Waals surface area (Å²) in [5, 5.41) is 0.820. The molecule has 0 spiro atoms. The Morgan fingerprint density at radius 1 is 1.53 bits per heavy atom. The first-order valence-electron chi connectivity index (χ1n) is 6.03. The molecule has 17 heavy (non-hydrogen) atoms. The minimum Gasteiger partial charge on any atom is -0.377 e. The summed E-state index contributed by atoms with van der Waals surface area (Å²) in [6.07, 6.45) is 0.950. The Labute approximate surface area is 107 Å². The Hall–Kier alpha value is -0.770. The number of morpholine rings is 1. The molecular formula is C13H19ClN2O. The molecule has 0 aliphatic carbocycles. The van der Waals surface area contributed by atoms with Gasteiger partial charge in [-0.1, -0.05) is 17.7 Å². The van der Waals surface area contributed by atoms with Gasteiger partial charge in [0.1, 0.15) is 0 Å². The first-order chi connectivity index (χ1) is 8.22. The van der Waals surface area contributed by atoms with Gasteiger partial charge < -0.3 is 15.4 Å². The molecule has 0 amide bonds. The molecular weight excluding hydrogens is 236 g/mol. The van der Waals surface area contributed by atoms with Crippen LogP contribution in [0.2, 0.25) is 5.02 Å². The van der Waals surface area contributed by atoms with Crippen molar-refractivity contribution in [1.29, 1.82) is 0 Å². The van der Waals surface area contributed by atoms with E-state index in [-0.39, 0.29) is 0 Å². The van der Waals surface area contributed by atoms with Crippen molar-refractivity contribution in [3.63, 3.8) is 0 Å². The molecule has 4 heteroatoms. The molecule has 94 valence electrons. The predicted molar refractivity (Wildman–Crippen MR) is 71.8 cm³/mol. The molecule has 0 aromatic heterocycles. The van der Waals surface area contributed by atoms with Gasteiger partial charge in [-0.05, 0) is 37.6 Å². The number of ether oxygens (including phenoxy) is 1. The Bertz CT molecular complexity index is 382. The van der Waals surface area contributed by atoms with Crippen molar-refractivity contribution in [1.82, 2.24) is 0 Å². The smallest absolute Gasteiger partial charge is 0.0671 e. The summed E-state index contributed by atoms with van der Waals surface area (Å²) < 4.78 is 5.51. The summed E-state index contributed by atoms with van der Waals surface area (Å²) >= 11 is 6.18. The molecule has 1 aromatic rings. The topological polar surface area (TPSA) is 38.5 Å². The third-order valence-electron chi connectivity index (χ3n) is 3.21. The first-order valence-corrected chi connectivity index (χ1v) is 6.41. The average Bonchev–Trinajstić information content (AvgIpc) is 2.34. The molecule has 1 atom stereocenters. The Balaban J connectivity index is 2.20. The highest BCUT2D eigenvalue weighted by Crippen LogP contribution is 2.26. The van der Waals surface area contributed by atoms with Gasteiger partial charge in [-0.15, -0.1) is 0 Å². The summed E-state index contributed by atoms with van der Waals surface area (Å²) in [7, 11) is 0. The molecule has 1 unspecified atom stereocenters. The van der Waals surface area contributed by atoms with E-state index in [9.17, 15) is 0 Å². The minimum atomic E-state index is 0.368. The SMILES string of the molecule is Cc1ccc(N2CCOCC2CCN)cc1Cl. The normalized spacial score (nSPS) is 20.6. The molecule has 2 N–H and O–H groups in total. The maximum atomic E-state index is 6.18. The van der Waals surface area contributed by atoms with E-state index in [1.807, 2.05) is 13.0 Å². The Morgan fingerprint density at radius 2 is 2.35 bits per heavy atom. The lowest BCUT2D eigenvalue weighted by molar-refractivity contribution is 0.0922. The number of nitrogens with two attached hydrogens (primary N) is 1. The molecule has 0 bridgehead atoms. The quantitative estimate of drug-likeness (QED) is 0.899. The van der Waals surface area contributed by atoms with Gasteiger partial charge in [0.2, 0.25) is 0 Å². The molecule has 1 heterocycles. The van der Waals surface area contributed by atoms with Crippen molar-refractivity contribution in [3.8, 4) is 0 Å². The van der Waals surface area contributed by atoms with Gasteiger partial charge in [0, 0.05) is 17.3 Å². The van der Waals surface area contributed by atoms with E-state index in [2.05, 4.69) is 17.0 Å². The van der Waals surface area contributed by atoms with E-state index in [1.54, 1.807) is 0 Å². The number of anilines is 1. The number of hydrogen-bond acceptors (Lipinski definition) is 3. The molecule has 0 saturated carbocycles. The number of nitrogens with zero attached hydrogens (tertiary/aromatic N) is 1. The molecule has 0 radical (unpaired) electrons.